The van der Waals surface area contributed by atoms with Gasteiger partial charge in [-0.2, -0.15) is 0 Å². The monoisotopic (exact) mass is 546 g/mol. The molecule has 11 heteroatoms. The Bertz CT molecular complexity index is 1670. The standard InChI is InChI=1S/C30H26N8O3/c1-17-13-22(20-15-32-26(33-16-20)19-11-12-19)25(31-14-17)28(39)37-38-30(41)36-27-29(40)34-23-10-6-5-9-21(23)24(35-27)18-7-3-2-4-8-18/h2-10,13-16,19,27H,11-12H2,1H3,(H,34,40)(H,37,39)(H2,36,38,41)/t27-/m1/s1. The number of amides is 4. The molecule has 4 amide bonds. The molecular formula is C30H26N8O3. The summed E-state index contributed by atoms with van der Waals surface area (Å²) in [7, 11) is 0. The van der Waals surface area contributed by atoms with Crippen LogP contribution in [0, 0.1) is 6.92 Å². The maximum atomic E-state index is 13.1. The number of hydrogen-bond acceptors (Lipinski definition) is 7. The third kappa shape index (κ3) is 5.64. The molecule has 11 nitrogen and oxygen atoms in total. The zero-order valence-electron chi connectivity index (χ0n) is 22.1. The molecular weight excluding hydrogens is 520 g/mol. The van der Waals surface area contributed by atoms with Gasteiger partial charge in [-0.1, -0.05) is 48.5 Å². The number of nitrogens with one attached hydrogen (secondary N) is 4. The van der Waals surface area contributed by atoms with Crippen LogP contribution in [0.25, 0.3) is 11.1 Å². The number of nitrogens with zero attached hydrogens (tertiary/aromatic N) is 4. The van der Waals surface area contributed by atoms with Gasteiger partial charge in [0.2, 0.25) is 6.17 Å². The lowest BCUT2D eigenvalue weighted by molar-refractivity contribution is -0.117. The number of urea groups is 1. The molecule has 1 saturated carbocycles. The average molecular weight is 547 g/mol. The highest BCUT2D eigenvalue weighted by atomic mass is 16.2. The van der Waals surface area contributed by atoms with Gasteiger partial charge in [0, 0.05) is 46.8 Å². The van der Waals surface area contributed by atoms with Crippen LogP contribution >= 0.6 is 0 Å². The highest BCUT2D eigenvalue weighted by molar-refractivity contribution is 6.19. The Balaban J connectivity index is 1.18. The van der Waals surface area contributed by atoms with Crippen molar-refractivity contribution in [3.63, 3.8) is 0 Å². The maximum absolute atomic E-state index is 13.1. The summed E-state index contributed by atoms with van der Waals surface area (Å²) in [5, 5.41) is 5.33. The summed E-state index contributed by atoms with van der Waals surface area (Å²) < 4.78 is 0. The molecule has 4 aromatic rings. The maximum Gasteiger partial charge on any atom is 0.335 e. The van der Waals surface area contributed by atoms with Gasteiger partial charge in [0.25, 0.3) is 11.8 Å². The molecule has 41 heavy (non-hydrogen) atoms. The molecule has 1 aliphatic carbocycles. The van der Waals surface area contributed by atoms with Crippen LogP contribution in [0.5, 0.6) is 0 Å². The van der Waals surface area contributed by atoms with Crippen LogP contribution < -0.4 is 21.5 Å². The Morgan fingerprint density at radius 1 is 0.854 bits per heavy atom. The molecule has 0 saturated heterocycles. The van der Waals surface area contributed by atoms with Crippen LogP contribution in [0.1, 0.15) is 51.8 Å². The number of carbonyl (C=O) groups is 3. The van der Waals surface area contributed by atoms with Crippen LogP contribution in [-0.4, -0.2) is 44.7 Å². The first-order valence-corrected chi connectivity index (χ1v) is 13.2. The summed E-state index contributed by atoms with van der Waals surface area (Å²) in [5.74, 6) is 0.0278. The number of para-hydroxylation sites is 1. The number of hydrogen-bond donors (Lipinski definition) is 4. The van der Waals surface area contributed by atoms with Crippen molar-refractivity contribution in [2.45, 2.75) is 31.8 Å². The molecule has 1 atom stereocenters. The molecule has 3 heterocycles. The van der Waals surface area contributed by atoms with Gasteiger partial charge in [0.15, 0.2) is 0 Å². The average Bonchev–Trinajstić information content (AvgIpc) is 3.85. The van der Waals surface area contributed by atoms with E-state index in [-0.39, 0.29) is 5.69 Å². The van der Waals surface area contributed by atoms with Crippen molar-refractivity contribution in [1.29, 1.82) is 0 Å². The second kappa shape index (κ2) is 11.0. The van der Waals surface area contributed by atoms with Crippen LogP contribution in [0.2, 0.25) is 0 Å². The molecule has 1 aliphatic heterocycles. The quantitative estimate of drug-likeness (QED) is 0.282. The normalized spacial score (nSPS) is 16.0. The van der Waals surface area contributed by atoms with Gasteiger partial charge in [-0.25, -0.2) is 25.2 Å². The van der Waals surface area contributed by atoms with Gasteiger partial charge < -0.3 is 10.6 Å². The Morgan fingerprint density at radius 2 is 1.59 bits per heavy atom. The van der Waals surface area contributed by atoms with Crippen LogP contribution in [0.4, 0.5) is 10.5 Å². The van der Waals surface area contributed by atoms with E-state index in [1.165, 1.54) is 0 Å². The van der Waals surface area contributed by atoms with Gasteiger partial charge in [0.05, 0.1) is 11.4 Å². The fraction of sp³-hybridized carbons (Fsp3) is 0.167. The number of benzene rings is 2. The van der Waals surface area contributed by atoms with Crippen molar-refractivity contribution in [3.8, 4) is 11.1 Å². The smallest absolute Gasteiger partial charge is 0.322 e. The van der Waals surface area contributed by atoms with Gasteiger partial charge >= 0.3 is 6.03 Å². The minimum atomic E-state index is -1.26. The Hall–Kier alpha value is -5.45. The lowest BCUT2D eigenvalue weighted by atomic mass is 10.0. The number of anilines is 1. The summed E-state index contributed by atoms with van der Waals surface area (Å²) in [5.41, 5.74) is 9.38. The Labute approximate surface area is 235 Å². The number of aryl methyl sites for hydroxylation is 1. The van der Waals surface area contributed by atoms with E-state index < -0.39 is 24.0 Å². The van der Waals surface area contributed by atoms with E-state index in [2.05, 4.69) is 41.4 Å². The van der Waals surface area contributed by atoms with E-state index in [4.69, 9.17) is 0 Å². The van der Waals surface area contributed by atoms with Crippen LogP contribution in [-0.2, 0) is 4.79 Å². The summed E-state index contributed by atoms with van der Waals surface area (Å²) >= 11 is 0. The number of aromatic nitrogens is 3. The summed E-state index contributed by atoms with van der Waals surface area (Å²) in [6.07, 6.45) is 5.83. The summed E-state index contributed by atoms with van der Waals surface area (Å²) in [6.45, 7) is 1.86. The molecule has 204 valence electrons. The van der Waals surface area contributed by atoms with Crippen molar-refractivity contribution in [2.75, 3.05) is 5.32 Å². The van der Waals surface area contributed by atoms with E-state index in [9.17, 15) is 14.4 Å². The third-order valence-corrected chi connectivity index (χ3v) is 6.72. The number of aliphatic imine (C=N–C) groups is 1. The molecule has 1 fully saturated rings. The Kier molecular flexibility index (Phi) is 6.90. The molecule has 0 unspecified atom stereocenters. The first-order chi connectivity index (χ1) is 20.0. The van der Waals surface area contributed by atoms with Gasteiger partial charge in [0.1, 0.15) is 11.5 Å². The first-order valence-electron chi connectivity index (χ1n) is 13.2. The van der Waals surface area contributed by atoms with Crippen LogP contribution in [0.15, 0.2) is 84.2 Å². The lowest BCUT2D eigenvalue weighted by Gasteiger charge is -2.15. The fourth-order valence-corrected chi connectivity index (χ4v) is 4.51. The summed E-state index contributed by atoms with van der Waals surface area (Å²) in [4.78, 5) is 56.6. The number of benzodiazepines with no additional fused rings is 1. The predicted octanol–water partition coefficient (Wildman–Crippen LogP) is 3.48. The van der Waals surface area contributed by atoms with Crippen molar-refractivity contribution >= 4 is 29.2 Å². The van der Waals surface area contributed by atoms with Crippen molar-refractivity contribution in [3.05, 3.63) is 107 Å². The molecule has 6 rings (SSSR count). The second-order valence-corrected chi connectivity index (χ2v) is 9.85. The van der Waals surface area contributed by atoms with E-state index in [1.54, 1.807) is 30.7 Å². The van der Waals surface area contributed by atoms with Gasteiger partial charge in [-0.15, -0.1) is 0 Å². The number of carbonyl (C=O) groups excluding carboxylic acids is 3. The van der Waals surface area contributed by atoms with Gasteiger partial charge in [-0.3, -0.25) is 20.0 Å². The van der Waals surface area contributed by atoms with Crippen LogP contribution in [0.3, 0.4) is 0 Å². The van der Waals surface area contributed by atoms with E-state index in [0.717, 1.165) is 35.4 Å². The van der Waals surface area contributed by atoms with E-state index in [1.807, 2.05) is 55.5 Å². The van der Waals surface area contributed by atoms with Crippen molar-refractivity contribution in [2.24, 2.45) is 4.99 Å². The fourth-order valence-electron chi connectivity index (χ4n) is 4.51. The number of pyridine rings is 1. The minimum absolute atomic E-state index is 0.0886. The zero-order valence-corrected chi connectivity index (χ0v) is 22.1. The predicted molar refractivity (Wildman–Crippen MR) is 152 cm³/mol. The van der Waals surface area contributed by atoms with Crippen molar-refractivity contribution < 1.29 is 14.4 Å². The molecule has 4 N–H and O–H groups in total. The number of hydrazine groups is 1. The molecule has 0 bridgehead atoms. The van der Waals surface area contributed by atoms with E-state index >= 15 is 0 Å². The molecule has 2 aromatic heterocycles. The first kappa shape index (κ1) is 25.8. The largest absolute Gasteiger partial charge is 0.335 e. The molecule has 2 aromatic carbocycles. The Morgan fingerprint density at radius 3 is 2.34 bits per heavy atom. The van der Waals surface area contributed by atoms with Crippen molar-refractivity contribution in [1.82, 2.24) is 31.1 Å². The topological polar surface area (TPSA) is 150 Å². The SMILES string of the molecule is Cc1cnc(C(=O)NNC(=O)N[C@H]2N=C(c3ccccc3)c3ccccc3NC2=O)c(-c2cnc(C3CC3)nc2)c1. The number of fused-ring (bicyclic) bond motifs is 1. The zero-order chi connectivity index (χ0) is 28.3. The second-order valence-electron chi connectivity index (χ2n) is 9.85. The molecule has 2 aliphatic rings. The lowest BCUT2D eigenvalue weighted by Crippen LogP contribution is -2.52. The van der Waals surface area contributed by atoms with Gasteiger partial charge in [-0.05, 0) is 37.5 Å². The van der Waals surface area contributed by atoms with E-state index in [0.29, 0.717) is 28.4 Å². The summed E-state index contributed by atoms with van der Waals surface area (Å²) in [6, 6.07) is 17.6. The number of rotatable bonds is 5. The highest BCUT2D eigenvalue weighted by Gasteiger charge is 2.28. The third-order valence-electron chi connectivity index (χ3n) is 6.72. The minimum Gasteiger partial charge on any atom is -0.322 e. The molecule has 0 radical (unpaired) electrons. The highest BCUT2D eigenvalue weighted by Crippen LogP contribution is 2.38. The molecule has 0 spiro atoms.